The average molecular weight is 959 g/mol. The smallest absolute Gasteiger partial charge is 0.343 e. The number of H-pyrrole nitrogens is 1. The van der Waals surface area contributed by atoms with E-state index in [-0.39, 0.29) is 30.3 Å². The average Bonchev–Trinajstić information content (AvgIpc) is 3.81. The van der Waals surface area contributed by atoms with Crippen LogP contribution in [-0.4, -0.2) is 72.4 Å². The topological polar surface area (TPSA) is 180 Å². The van der Waals surface area contributed by atoms with Gasteiger partial charge in [-0.1, -0.05) is 91.0 Å². The van der Waals surface area contributed by atoms with Gasteiger partial charge in [0.15, 0.2) is 5.79 Å². The number of hydrogen-bond acceptors (Lipinski definition) is 13. The van der Waals surface area contributed by atoms with Gasteiger partial charge in [-0.2, -0.15) is 0 Å². The number of aromatic amines is 1. The number of nitrogens with zero attached hydrogens (tertiary/aromatic N) is 1. The number of benzene rings is 6. The first-order valence-corrected chi connectivity index (χ1v) is 23.1. The fourth-order valence-corrected chi connectivity index (χ4v) is 8.72. The summed E-state index contributed by atoms with van der Waals surface area (Å²) in [6, 6.07) is 46.5. The maximum atomic E-state index is 13.3. The van der Waals surface area contributed by atoms with E-state index in [0.717, 1.165) is 0 Å². The molecule has 0 spiro atoms. The Bertz CT molecular complexity index is 2830. The lowest BCUT2D eigenvalue weighted by Crippen LogP contribution is -2.47. The molecule has 1 aromatic heterocycles. The van der Waals surface area contributed by atoms with Crippen molar-refractivity contribution in [2.75, 3.05) is 26.9 Å². The molecule has 2 aliphatic rings. The Morgan fingerprint density at radius 1 is 0.634 bits per heavy atom. The van der Waals surface area contributed by atoms with Crippen molar-refractivity contribution in [1.82, 2.24) is 9.55 Å². The van der Waals surface area contributed by atoms with Crippen LogP contribution < -0.4 is 25.5 Å². The zero-order valence-corrected chi connectivity index (χ0v) is 38.9. The van der Waals surface area contributed by atoms with Gasteiger partial charge in [-0.05, 0) is 96.4 Å². The number of nitrogens with one attached hydrogen (secondary N) is 1. The van der Waals surface area contributed by atoms with Crippen LogP contribution in [0, 0.1) is 6.92 Å². The summed E-state index contributed by atoms with van der Waals surface area (Å²) in [4.78, 5) is 67.7. The van der Waals surface area contributed by atoms with Gasteiger partial charge in [-0.15, -0.1) is 0 Å². The predicted molar refractivity (Wildman–Crippen MR) is 259 cm³/mol. The third kappa shape index (κ3) is 10.8. The molecule has 15 nitrogen and oxygen atoms in total. The zero-order chi connectivity index (χ0) is 49.4. The molecule has 2 aliphatic heterocycles. The quantitative estimate of drug-likeness (QED) is 0.0423. The van der Waals surface area contributed by atoms with Gasteiger partial charge in [-0.3, -0.25) is 14.3 Å². The zero-order valence-electron chi connectivity index (χ0n) is 38.9. The maximum Gasteiger partial charge on any atom is 0.343 e. The van der Waals surface area contributed by atoms with Gasteiger partial charge in [-0.25, -0.2) is 19.2 Å². The first-order valence-electron chi connectivity index (χ1n) is 23.1. The van der Waals surface area contributed by atoms with Gasteiger partial charge < -0.3 is 37.9 Å². The largest absolute Gasteiger partial charge is 0.423 e. The Labute approximate surface area is 408 Å². The Kier molecular flexibility index (Phi) is 14.6. The van der Waals surface area contributed by atoms with Crippen molar-refractivity contribution in [3.05, 3.63) is 230 Å². The van der Waals surface area contributed by atoms with E-state index in [9.17, 15) is 24.0 Å². The third-order valence-corrected chi connectivity index (χ3v) is 12.5. The van der Waals surface area contributed by atoms with Gasteiger partial charge in [0.1, 0.15) is 35.2 Å². The molecule has 0 unspecified atom stereocenters. The van der Waals surface area contributed by atoms with Crippen molar-refractivity contribution in [2.45, 2.75) is 56.0 Å². The van der Waals surface area contributed by atoms with E-state index in [4.69, 9.17) is 37.9 Å². The molecule has 7 aromatic rings. The minimum atomic E-state index is -1.54. The number of hydrogen-bond donors (Lipinski definition) is 1. The van der Waals surface area contributed by atoms with E-state index in [1.807, 2.05) is 0 Å². The fraction of sp³-hybridized carbons (Fsp3) is 0.232. The van der Waals surface area contributed by atoms with E-state index in [1.165, 1.54) is 10.8 Å². The van der Waals surface area contributed by atoms with Crippen LogP contribution in [0.5, 0.6) is 17.2 Å². The second-order valence-corrected chi connectivity index (χ2v) is 17.1. The van der Waals surface area contributed by atoms with Gasteiger partial charge >= 0.3 is 23.6 Å². The van der Waals surface area contributed by atoms with E-state index >= 15 is 0 Å². The molecule has 6 aromatic carbocycles. The minimum Gasteiger partial charge on any atom is -0.423 e. The number of aromatic nitrogens is 2. The standard InChI is InChI=1S/C56H50N2O13/c1-37-35-58(54(63)57-50(37)59)49-34-47(71-55(64-2)30-32-65-33-31-55)48(70-49)36-66-56(41-18-24-44(25-19-41)67-51(60)38-12-6-3-7-13-38,42-20-26-45(27-21-42)68-52(61)39-14-8-4-9-15-39)43-22-28-46(29-23-43)69-53(62)40-16-10-5-11-17-40/h3-29,35,47-49H,30-34,36H2,1-2H3,(H,57,59,63)/t47-,48+,49+/m0/s1. The molecular formula is C56H50N2O13. The SMILES string of the molecule is COC1(O[C@H]2C[C@H](n3cc(C)c(=O)[nH]c3=O)O[C@@H]2COC(c2ccc(OC(=O)c3ccccc3)cc2)(c2ccc(OC(=O)c3ccccc3)cc2)c2ccc(OC(=O)c3ccccc3)cc2)CCOCC1. The first-order chi connectivity index (χ1) is 34.5. The predicted octanol–water partition coefficient (Wildman–Crippen LogP) is 8.34. The molecule has 0 saturated carbocycles. The molecule has 0 aliphatic carbocycles. The highest BCUT2D eigenvalue weighted by Gasteiger charge is 2.47. The highest BCUT2D eigenvalue weighted by molar-refractivity contribution is 5.92. The summed E-state index contributed by atoms with van der Waals surface area (Å²) in [5.74, 6) is -1.87. The Hall–Kier alpha value is -7.79. The van der Waals surface area contributed by atoms with Crippen molar-refractivity contribution in [3.63, 3.8) is 0 Å². The molecule has 9 rings (SSSR count). The molecule has 0 amide bonds. The highest BCUT2D eigenvalue weighted by atomic mass is 16.7. The summed E-state index contributed by atoms with van der Waals surface area (Å²) in [7, 11) is 1.58. The Morgan fingerprint density at radius 3 is 1.46 bits per heavy atom. The van der Waals surface area contributed by atoms with Crippen LogP contribution in [-0.2, 0) is 29.3 Å². The summed E-state index contributed by atoms with van der Waals surface area (Å²) >= 11 is 0. The molecule has 3 heterocycles. The molecule has 2 fully saturated rings. The molecule has 362 valence electrons. The maximum absolute atomic E-state index is 13.3. The van der Waals surface area contributed by atoms with Crippen LogP contribution >= 0.6 is 0 Å². The van der Waals surface area contributed by atoms with Gasteiger partial charge in [0.25, 0.3) is 5.56 Å². The lowest BCUT2D eigenvalue weighted by atomic mass is 9.80. The van der Waals surface area contributed by atoms with E-state index in [0.29, 0.717) is 65.0 Å². The molecule has 2 saturated heterocycles. The molecule has 15 heteroatoms. The molecular weight excluding hydrogens is 909 g/mol. The van der Waals surface area contributed by atoms with Crippen molar-refractivity contribution in [1.29, 1.82) is 0 Å². The van der Waals surface area contributed by atoms with Crippen molar-refractivity contribution in [3.8, 4) is 17.2 Å². The fourth-order valence-electron chi connectivity index (χ4n) is 8.72. The number of rotatable bonds is 16. The Balaban J connectivity index is 1.13. The van der Waals surface area contributed by atoms with E-state index in [1.54, 1.807) is 178 Å². The van der Waals surface area contributed by atoms with Crippen molar-refractivity contribution >= 4 is 17.9 Å². The highest BCUT2D eigenvalue weighted by Crippen LogP contribution is 2.44. The minimum absolute atomic E-state index is 0.158. The lowest BCUT2D eigenvalue weighted by Gasteiger charge is -2.40. The van der Waals surface area contributed by atoms with Gasteiger partial charge in [0.05, 0.1) is 42.6 Å². The van der Waals surface area contributed by atoms with Crippen LogP contribution in [0.3, 0.4) is 0 Å². The molecule has 1 N–H and O–H groups in total. The van der Waals surface area contributed by atoms with E-state index in [2.05, 4.69) is 4.98 Å². The van der Waals surface area contributed by atoms with Crippen LogP contribution in [0.25, 0.3) is 0 Å². The molecule has 3 atom stereocenters. The summed E-state index contributed by atoms with van der Waals surface area (Å²) in [5, 5.41) is 0. The third-order valence-electron chi connectivity index (χ3n) is 12.5. The van der Waals surface area contributed by atoms with Crippen LogP contribution in [0.2, 0.25) is 0 Å². The van der Waals surface area contributed by atoms with Gasteiger partial charge in [0, 0.05) is 38.1 Å². The van der Waals surface area contributed by atoms with Crippen LogP contribution in [0.1, 0.15) is 78.8 Å². The first kappa shape index (κ1) is 48.2. The molecule has 0 radical (unpaired) electrons. The molecule has 0 bridgehead atoms. The van der Waals surface area contributed by atoms with E-state index < -0.39 is 59.0 Å². The summed E-state index contributed by atoms with van der Waals surface area (Å²) < 4.78 is 51.3. The normalized spacial score (nSPS) is 17.5. The number of methoxy groups -OCH3 is 1. The van der Waals surface area contributed by atoms with Crippen LogP contribution in [0.15, 0.2) is 180 Å². The number of aryl methyl sites for hydroxylation is 1. The number of carbonyl (C=O) groups is 3. The number of esters is 3. The van der Waals surface area contributed by atoms with Crippen molar-refractivity contribution in [2.24, 2.45) is 0 Å². The summed E-state index contributed by atoms with van der Waals surface area (Å²) in [6.07, 6.45) is 0.0680. The Morgan fingerprint density at radius 2 is 1.06 bits per heavy atom. The number of ether oxygens (including phenoxy) is 8. The van der Waals surface area contributed by atoms with Crippen molar-refractivity contribution < 1.29 is 52.3 Å². The van der Waals surface area contributed by atoms with Crippen LogP contribution in [0.4, 0.5) is 0 Å². The molecule has 71 heavy (non-hydrogen) atoms. The summed E-state index contributed by atoms with van der Waals surface area (Å²) in [5.41, 5.74) is 0.433. The monoisotopic (exact) mass is 958 g/mol. The second kappa shape index (κ2) is 21.5. The summed E-state index contributed by atoms with van der Waals surface area (Å²) in [6.45, 7) is 2.24. The second-order valence-electron chi connectivity index (χ2n) is 17.1. The van der Waals surface area contributed by atoms with Gasteiger partial charge in [0.2, 0.25) is 0 Å². The lowest BCUT2D eigenvalue weighted by molar-refractivity contribution is -0.283. The number of carbonyl (C=O) groups excluding carboxylic acids is 3.